The Morgan fingerprint density at radius 1 is 1.03 bits per heavy atom. The third-order valence-corrected chi connectivity index (χ3v) is 3.59. The zero-order chi connectivity index (χ0) is 22.7. The Morgan fingerprint density at radius 2 is 1.55 bits per heavy atom. The van der Waals surface area contributed by atoms with Crippen molar-refractivity contribution in [3.8, 4) is 0 Å². The van der Waals surface area contributed by atoms with Crippen molar-refractivity contribution < 1.29 is 9.59 Å². The minimum Gasteiger partial charge on any atom is -0.388 e. The molecule has 0 aromatic heterocycles. The van der Waals surface area contributed by atoms with Gasteiger partial charge >= 0.3 is 0 Å². The molecule has 2 aromatic rings. The molecule has 0 spiro atoms. The monoisotopic (exact) mass is 416 g/mol. The van der Waals surface area contributed by atoms with Crippen molar-refractivity contribution in [3.63, 3.8) is 0 Å². The Labute approximate surface area is 180 Å². The molecule has 0 heterocycles. The Hall–Kier alpha value is -2.85. The molecule has 5 heteroatoms. The van der Waals surface area contributed by atoms with Gasteiger partial charge in [-0.3, -0.25) is 4.79 Å². The van der Waals surface area contributed by atoms with Crippen LogP contribution in [0.1, 0.15) is 37.6 Å². The lowest BCUT2D eigenvalue weighted by Gasteiger charge is -2.00. The molecular weight excluding hydrogens is 384 g/mol. The maximum Gasteiger partial charge on any atom is 0.169 e. The number of carbonyl (C=O) groups excluding carboxylic acids is 2. The molecule has 2 aromatic carbocycles. The first kappa shape index (κ1) is 28.4. The van der Waals surface area contributed by atoms with Gasteiger partial charge in [0.1, 0.15) is 6.29 Å². The molecule has 0 bridgehead atoms. The topological polar surface area (TPSA) is 58.2 Å². The van der Waals surface area contributed by atoms with E-state index in [4.69, 9.17) is 11.6 Å². The average Bonchev–Trinajstić information content (AvgIpc) is 2.76. The van der Waals surface area contributed by atoms with Crippen LogP contribution in [-0.4, -0.2) is 26.2 Å². The molecule has 0 aliphatic rings. The lowest BCUT2D eigenvalue weighted by Crippen LogP contribution is -1.99. The van der Waals surface area contributed by atoms with E-state index in [1.165, 1.54) is 0 Å². The summed E-state index contributed by atoms with van der Waals surface area (Å²) < 4.78 is 0. The first-order valence-electron chi connectivity index (χ1n) is 9.34. The number of aldehydes is 1. The Balaban J connectivity index is 0. The first-order chi connectivity index (χ1) is 13.9. The second kappa shape index (κ2) is 18.5. The number of anilines is 2. The van der Waals surface area contributed by atoms with Crippen LogP contribution in [0.5, 0.6) is 0 Å². The van der Waals surface area contributed by atoms with Crippen molar-refractivity contribution in [2.24, 2.45) is 0 Å². The normalized spacial score (nSPS) is 8.34. The maximum absolute atomic E-state index is 11.2. The highest BCUT2D eigenvalue weighted by Crippen LogP contribution is 2.18. The van der Waals surface area contributed by atoms with E-state index in [9.17, 15) is 9.59 Å². The largest absolute Gasteiger partial charge is 0.388 e. The van der Waals surface area contributed by atoms with E-state index in [2.05, 4.69) is 23.8 Å². The highest BCUT2D eigenvalue weighted by atomic mass is 35.5. The second-order valence-corrected chi connectivity index (χ2v) is 5.81. The van der Waals surface area contributed by atoms with Gasteiger partial charge in [-0.05, 0) is 43.3 Å². The van der Waals surface area contributed by atoms with E-state index in [1.807, 2.05) is 59.1 Å². The van der Waals surface area contributed by atoms with Gasteiger partial charge in [-0.1, -0.05) is 62.4 Å². The molecule has 2 rings (SSSR count). The summed E-state index contributed by atoms with van der Waals surface area (Å²) in [6.45, 7) is 12.9. The van der Waals surface area contributed by atoms with E-state index in [1.54, 1.807) is 30.3 Å². The molecular formula is C24H33ClN2O2. The molecule has 2 N–H and O–H groups in total. The quantitative estimate of drug-likeness (QED) is 0.239. The SMILES string of the molecule is C=CC(=C)C.CC.CNc1ccc(C(=O)CC=O)cc1.CNc1ccccc1Cl. The summed E-state index contributed by atoms with van der Waals surface area (Å²) in [4.78, 5) is 21.3. The van der Waals surface area contributed by atoms with Crippen molar-refractivity contribution in [3.05, 3.63) is 83.9 Å². The summed E-state index contributed by atoms with van der Waals surface area (Å²) >= 11 is 5.76. The van der Waals surface area contributed by atoms with E-state index in [0.717, 1.165) is 22.0 Å². The number of benzene rings is 2. The standard InChI is InChI=1S/C10H11NO2.C7H8ClN.C5H8.C2H6/c1-11-9-4-2-8(3-5-9)10(13)6-7-12;1-9-7-5-3-2-4-6(7)8;1-4-5(2)3;1-2/h2-5,7,11H,6H2,1H3;2-5,9H,1H3;4H,1-2H2,3H3;1-2H3. The third-order valence-electron chi connectivity index (χ3n) is 3.26. The Kier molecular flexibility index (Phi) is 18.1. The van der Waals surface area contributed by atoms with Crippen molar-refractivity contribution in [2.75, 3.05) is 24.7 Å². The molecule has 0 aliphatic carbocycles. The summed E-state index contributed by atoms with van der Waals surface area (Å²) in [6.07, 6.45) is 2.30. The summed E-state index contributed by atoms with van der Waals surface area (Å²) in [6, 6.07) is 14.7. The number of allylic oxidation sites excluding steroid dienone is 2. The highest BCUT2D eigenvalue weighted by molar-refractivity contribution is 6.33. The van der Waals surface area contributed by atoms with E-state index < -0.39 is 0 Å². The van der Waals surface area contributed by atoms with Crippen molar-refractivity contribution in [2.45, 2.75) is 27.2 Å². The predicted octanol–water partition coefficient (Wildman–Crippen LogP) is 6.66. The second-order valence-electron chi connectivity index (χ2n) is 5.40. The number of rotatable bonds is 6. The predicted molar refractivity (Wildman–Crippen MR) is 128 cm³/mol. The van der Waals surface area contributed by atoms with Gasteiger partial charge in [0.05, 0.1) is 17.1 Å². The van der Waals surface area contributed by atoms with Gasteiger partial charge in [0.15, 0.2) is 5.78 Å². The zero-order valence-electron chi connectivity index (χ0n) is 18.1. The summed E-state index contributed by atoms with van der Waals surface area (Å²) in [5.41, 5.74) is 3.51. The van der Waals surface area contributed by atoms with Crippen LogP contribution in [0.25, 0.3) is 0 Å². The van der Waals surface area contributed by atoms with Gasteiger partial charge in [0.25, 0.3) is 0 Å². The molecule has 158 valence electrons. The molecule has 0 saturated carbocycles. The third kappa shape index (κ3) is 13.9. The summed E-state index contributed by atoms with van der Waals surface area (Å²) in [7, 11) is 3.66. The number of hydrogen-bond acceptors (Lipinski definition) is 4. The first-order valence-corrected chi connectivity index (χ1v) is 9.72. The molecule has 0 atom stereocenters. The molecule has 29 heavy (non-hydrogen) atoms. The highest BCUT2D eigenvalue weighted by Gasteiger charge is 2.03. The van der Waals surface area contributed by atoms with Gasteiger partial charge in [0.2, 0.25) is 0 Å². The van der Waals surface area contributed by atoms with Crippen LogP contribution in [0, 0.1) is 0 Å². The summed E-state index contributed by atoms with van der Waals surface area (Å²) in [5.74, 6) is -0.141. The number of Topliss-reactive ketones (excluding diaryl/α,β-unsaturated/α-hetero) is 1. The lowest BCUT2D eigenvalue weighted by atomic mass is 10.1. The van der Waals surface area contributed by atoms with Gasteiger partial charge in [0, 0.05) is 25.3 Å². The fraction of sp³-hybridized carbons (Fsp3) is 0.250. The number of halogens is 1. The average molecular weight is 417 g/mol. The molecule has 0 saturated heterocycles. The minimum atomic E-state index is -0.141. The number of para-hydroxylation sites is 1. The minimum absolute atomic E-state index is 0.0428. The van der Waals surface area contributed by atoms with Crippen LogP contribution >= 0.6 is 11.6 Å². The number of carbonyl (C=O) groups is 2. The van der Waals surface area contributed by atoms with Crippen LogP contribution < -0.4 is 10.6 Å². The van der Waals surface area contributed by atoms with Crippen molar-refractivity contribution in [1.29, 1.82) is 0 Å². The van der Waals surface area contributed by atoms with Crippen molar-refractivity contribution in [1.82, 2.24) is 0 Å². The zero-order valence-corrected chi connectivity index (χ0v) is 18.8. The molecule has 0 amide bonds. The maximum atomic E-state index is 11.2. The smallest absolute Gasteiger partial charge is 0.169 e. The molecule has 0 unspecified atom stereocenters. The van der Waals surface area contributed by atoms with E-state index in [0.29, 0.717) is 11.8 Å². The molecule has 4 nitrogen and oxygen atoms in total. The van der Waals surface area contributed by atoms with Crippen LogP contribution in [0.2, 0.25) is 5.02 Å². The number of ketones is 1. The van der Waals surface area contributed by atoms with Crippen LogP contribution in [0.3, 0.4) is 0 Å². The van der Waals surface area contributed by atoms with E-state index >= 15 is 0 Å². The van der Waals surface area contributed by atoms with Crippen LogP contribution in [-0.2, 0) is 4.79 Å². The lowest BCUT2D eigenvalue weighted by molar-refractivity contribution is -0.107. The summed E-state index contributed by atoms with van der Waals surface area (Å²) in [5, 5.41) is 6.67. The Morgan fingerprint density at radius 3 is 1.90 bits per heavy atom. The number of nitrogens with one attached hydrogen (secondary N) is 2. The van der Waals surface area contributed by atoms with Gasteiger partial charge in [-0.25, -0.2) is 0 Å². The molecule has 0 aliphatic heterocycles. The number of hydrogen-bond donors (Lipinski definition) is 2. The van der Waals surface area contributed by atoms with Gasteiger partial charge in [-0.2, -0.15) is 0 Å². The molecule has 0 radical (unpaired) electrons. The fourth-order valence-electron chi connectivity index (χ4n) is 1.68. The van der Waals surface area contributed by atoms with Gasteiger partial charge in [-0.15, -0.1) is 0 Å². The van der Waals surface area contributed by atoms with Gasteiger partial charge < -0.3 is 15.4 Å². The molecule has 0 fully saturated rings. The van der Waals surface area contributed by atoms with E-state index in [-0.39, 0.29) is 12.2 Å². The Bertz CT molecular complexity index is 741. The fourth-order valence-corrected chi connectivity index (χ4v) is 1.91. The van der Waals surface area contributed by atoms with Crippen LogP contribution in [0.4, 0.5) is 11.4 Å². The van der Waals surface area contributed by atoms with Crippen molar-refractivity contribution >= 4 is 35.0 Å². The van der Waals surface area contributed by atoms with Crippen LogP contribution in [0.15, 0.2) is 73.3 Å².